The van der Waals surface area contributed by atoms with E-state index < -0.39 is 5.63 Å². The number of hydrogen-bond donors (Lipinski definition) is 2. The average molecular weight is 242 g/mol. The van der Waals surface area contributed by atoms with E-state index in [1.807, 2.05) is 6.92 Å². The Bertz CT molecular complexity index is 786. The van der Waals surface area contributed by atoms with Crippen LogP contribution in [0, 0.1) is 6.92 Å². The highest BCUT2D eigenvalue weighted by molar-refractivity contribution is 5.85. The van der Waals surface area contributed by atoms with Crippen molar-refractivity contribution in [1.29, 1.82) is 0 Å². The summed E-state index contributed by atoms with van der Waals surface area (Å²) in [5, 5.41) is 17.1. The largest absolute Gasteiger partial charge is 0.504 e. The van der Waals surface area contributed by atoms with E-state index in [0.717, 1.165) is 5.69 Å². The first-order chi connectivity index (χ1) is 8.65. The average Bonchev–Trinajstić information content (AvgIpc) is 2.76. The predicted octanol–water partition coefficient (Wildman–Crippen LogP) is 2.20. The van der Waals surface area contributed by atoms with Gasteiger partial charge in [0.05, 0.1) is 11.3 Å². The molecular weight excluding hydrogens is 232 g/mol. The molecule has 0 unspecified atom stereocenters. The first kappa shape index (κ1) is 10.6. The maximum absolute atomic E-state index is 11.9. The number of phenolic OH excluding ortho intramolecular Hbond substituents is 1. The molecular formula is C13H10N2O3. The lowest BCUT2D eigenvalue weighted by atomic mass is 10.1. The minimum Gasteiger partial charge on any atom is -0.504 e. The Kier molecular flexibility index (Phi) is 2.19. The summed E-state index contributed by atoms with van der Waals surface area (Å²) in [6.07, 6.45) is 0. The molecule has 0 saturated heterocycles. The molecule has 0 saturated carbocycles. The molecule has 2 N–H and O–H groups in total. The number of nitrogens with zero attached hydrogens (tertiary/aromatic N) is 1. The van der Waals surface area contributed by atoms with E-state index in [9.17, 15) is 9.90 Å². The van der Waals surface area contributed by atoms with Crippen molar-refractivity contribution in [2.75, 3.05) is 0 Å². The summed E-state index contributed by atoms with van der Waals surface area (Å²) in [5.74, 6) is -0.0469. The molecule has 18 heavy (non-hydrogen) atoms. The lowest BCUT2D eigenvalue weighted by Crippen LogP contribution is -2.02. The Morgan fingerprint density at radius 2 is 2.17 bits per heavy atom. The van der Waals surface area contributed by atoms with Crippen molar-refractivity contribution >= 4 is 11.0 Å². The highest BCUT2D eigenvalue weighted by atomic mass is 16.4. The molecule has 0 amide bonds. The van der Waals surface area contributed by atoms with Gasteiger partial charge < -0.3 is 9.52 Å². The Morgan fingerprint density at radius 1 is 1.33 bits per heavy atom. The van der Waals surface area contributed by atoms with Crippen molar-refractivity contribution in [2.45, 2.75) is 6.92 Å². The molecule has 0 atom stereocenters. The number of aromatic nitrogens is 2. The number of fused-ring (bicyclic) bond motifs is 1. The SMILES string of the molecule is Cc1cc(-c2cc3cccc(O)c3oc2=O)n[nH]1. The highest BCUT2D eigenvalue weighted by Crippen LogP contribution is 2.25. The molecule has 90 valence electrons. The molecule has 0 spiro atoms. The van der Waals surface area contributed by atoms with Gasteiger partial charge in [0.2, 0.25) is 0 Å². The monoisotopic (exact) mass is 242 g/mol. The number of hydrogen-bond acceptors (Lipinski definition) is 4. The molecule has 0 fully saturated rings. The summed E-state index contributed by atoms with van der Waals surface area (Å²) in [7, 11) is 0. The van der Waals surface area contributed by atoms with Crippen LogP contribution in [0.1, 0.15) is 5.69 Å². The second-order valence-electron chi connectivity index (χ2n) is 4.08. The summed E-state index contributed by atoms with van der Waals surface area (Å²) < 4.78 is 5.13. The second-order valence-corrected chi connectivity index (χ2v) is 4.08. The lowest BCUT2D eigenvalue weighted by molar-refractivity contribution is 0.457. The van der Waals surface area contributed by atoms with E-state index in [2.05, 4.69) is 10.2 Å². The van der Waals surface area contributed by atoms with Gasteiger partial charge in [0.15, 0.2) is 11.3 Å². The molecule has 5 heteroatoms. The fourth-order valence-corrected chi connectivity index (χ4v) is 1.86. The van der Waals surface area contributed by atoms with Gasteiger partial charge in [0, 0.05) is 11.1 Å². The minimum atomic E-state index is -0.518. The van der Waals surface area contributed by atoms with Crippen molar-refractivity contribution < 1.29 is 9.52 Å². The summed E-state index contributed by atoms with van der Waals surface area (Å²) >= 11 is 0. The molecule has 3 aromatic rings. The zero-order valence-corrected chi connectivity index (χ0v) is 9.60. The fraction of sp³-hybridized carbons (Fsp3) is 0.0769. The highest BCUT2D eigenvalue weighted by Gasteiger charge is 2.11. The van der Waals surface area contributed by atoms with E-state index in [1.165, 1.54) is 6.07 Å². The number of H-pyrrole nitrogens is 1. The third kappa shape index (κ3) is 1.57. The van der Waals surface area contributed by atoms with Crippen LogP contribution in [0.5, 0.6) is 5.75 Å². The molecule has 0 bridgehead atoms. The summed E-state index contributed by atoms with van der Waals surface area (Å²) in [6.45, 7) is 1.85. The van der Waals surface area contributed by atoms with Crippen molar-refractivity contribution in [1.82, 2.24) is 10.2 Å². The quantitative estimate of drug-likeness (QED) is 0.641. The van der Waals surface area contributed by atoms with Crippen molar-refractivity contribution in [3.8, 4) is 17.0 Å². The third-order valence-electron chi connectivity index (χ3n) is 2.72. The fourth-order valence-electron chi connectivity index (χ4n) is 1.86. The van der Waals surface area contributed by atoms with Crippen LogP contribution in [0.2, 0.25) is 0 Å². The Morgan fingerprint density at radius 3 is 2.89 bits per heavy atom. The smallest absolute Gasteiger partial charge is 0.345 e. The summed E-state index contributed by atoms with van der Waals surface area (Å²) in [6, 6.07) is 8.36. The van der Waals surface area contributed by atoms with Crippen LogP contribution >= 0.6 is 0 Å². The minimum absolute atomic E-state index is 0.0469. The maximum Gasteiger partial charge on any atom is 0.345 e. The molecule has 3 rings (SSSR count). The van der Waals surface area contributed by atoms with Crippen LogP contribution in [0.25, 0.3) is 22.2 Å². The van der Waals surface area contributed by atoms with E-state index in [4.69, 9.17) is 4.42 Å². The molecule has 0 aliphatic heterocycles. The van der Waals surface area contributed by atoms with Gasteiger partial charge in [0.25, 0.3) is 0 Å². The third-order valence-corrected chi connectivity index (χ3v) is 2.72. The molecule has 5 nitrogen and oxygen atoms in total. The molecule has 2 aromatic heterocycles. The second kappa shape index (κ2) is 3.73. The van der Waals surface area contributed by atoms with Crippen LogP contribution in [0.15, 0.2) is 39.5 Å². The number of nitrogens with one attached hydrogen (secondary N) is 1. The van der Waals surface area contributed by atoms with Gasteiger partial charge in [-0.05, 0) is 25.1 Å². The molecule has 0 aliphatic rings. The van der Waals surface area contributed by atoms with Gasteiger partial charge >= 0.3 is 5.63 Å². The normalized spacial score (nSPS) is 10.9. The standard InChI is InChI=1S/C13H10N2O3/c1-7-5-10(15-14-7)9-6-8-3-2-4-11(16)12(8)18-13(9)17/h2-6,16H,1H3,(H,14,15). The Hall–Kier alpha value is -2.56. The zero-order chi connectivity index (χ0) is 12.7. The molecule has 1 aromatic carbocycles. The number of rotatable bonds is 1. The number of benzene rings is 1. The van der Waals surface area contributed by atoms with Crippen LogP contribution in [0.4, 0.5) is 0 Å². The lowest BCUT2D eigenvalue weighted by Gasteiger charge is -2.00. The molecule has 2 heterocycles. The van der Waals surface area contributed by atoms with Crippen LogP contribution in [-0.2, 0) is 0 Å². The number of aromatic hydroxyl groups is 1. The Labute approximate surface area is 102 Å². The molecule has 0 radical (unpaired) electrons. The molecule has 0 aliphatic carbocycles. The van der Waals surface area contributed by atoms with Crippen molar-refractivity contribution in [3.05, 3.63) is 46.4 Å². The number of phenols is 1. The van der Waals surface area contributed by atoms with E-state index in [-0.39, 0.29) is 11.3 Å². The van der Waals surface area contributed by atoms with Gasteiger partial charge in [-0.1, -0.05) is 12.1 Å². The topological polar surface area (TPSA) is 79.1 Å². The summed E-state index contributed by atoms with van der Waals surface area (Å²) in [4.78, 5) is 11.9. The van der Waals surface area contributed by atoms with Gasteiger partial charge in [-0.2, -0.15) is 5.10 Å². The van der Waals surface area contributed by atoms with Gasteiger partial charge in [-0.3, -0.25) is 5.10 Å². The number of aromatic amines is 1. The Balaban J connectivity index is 2.32. The van der Waals surface area contributed by atoms with Crippen LogP contribution in [0.3, 0.4) is 0 Å². The first-order valence-electron chi connectivity index (χ1n) is 5.43. The maximum atomic E-state index is 11.9. The number of para-hydroxylation sites is 1. The number of aryl methyl sites for hydroxylation is 1. The van der Waals surface area contributed by atoms with Crippen LogP contribution in [-0.4, -0.2) is 15.3 Å². The first-order valence-corrected chi connectivity index (χ1v) is 5.43. The zero-order valence-electron chi connectivity index (χ0n) is 9.60. The van der Waals surface area contributed by atoms with E-state index in [0.29, 0.717) is 16.6 Å². The van der Waals surface area contributed by atoms with Gasteiger partial charge in [-0.15, -0.1) is 0 Å². The van der Waals surface area contributed by atoms with Crippen molar-refractivity contribution in [3.63, 3.8) is 0 Å². The van der Waals surface area contributed by atoms with Gasteiger partial charge in [0.1, 0.15) is 0 Å². The van der Waals surface area contributed by atoms with E-state index >= 15 is 0 Å². The predicted molar refractivity (Wildman–Crippen MR) is 66.5 cm³/mol. The van der Waals surface area contributed by atoms with E-state index in [1.54, 1.807) is 24.3 Å². The van der Waals surface area contributed by atoms with Crippen molar-refractivity contribution in [2.24, 2.45) is 0 Å². The summed E-state index contributed by atoms with van der Waals surface area (Å²) in [5.41, 5.74) is 1.44. The van der Waals surface area contributed by atoms with Gasteiger partial charge in [-0.25, -0.2) is 4.79 Å². The van der Waals surface area contributed by atoms with Crippen LogP contribution < -0.4 is 5.63 Å².